The van der Waals surface area contributed by atoms with Crippen LogP contribution in [0.3, 0.4) is 0 Å². The van der Waals surface area contributed by atoms with Gasteiger partial charge in [0, 0.05) is 25.5 Å². The fourth-order valence-electron chi connectivity index (χ4n) is 1.90. The molecule has 0 aliphatic carbocycles. The third-order valence-electron chi connectivity index (χ3n) is 2.93. The van der Waals surface area contributed by atoms with Gasteiger partial charge in [-0.3, -0.25) is 9.78 Å². The highest BCUT2D eigenvalue weighted by molar-refractivity contribution is 5.99. The molecule has 0 saturated carbocycles. The summed E-state index contributed by atoms with van der Waals surface area (Å²) < 4.78 is 10.7. The number of carbonyl (C=O) groups is 1. The Balaban J connectivity index is 1.95. The molecule has 19 heavy (non-hydrogen) atoms. The summed E-state index contributed by atoms with van der Waals surface area (Å²) in [6, 6.07) is 1.84. The summed E-state index contributed by atoms with van der Waals surface area (Å²) in [5.41, 5.74) is 2.17. The maximum Gasteiger partial charge on any atom is 0.255 e. The second kappa shape index (κ2) is 6.49. The van der Waals surface area contributed by atoms with Gasteiger partial charge < -0.3 is 20.1 Å². The molecule has 0 radical (unpaired) electrons. The van der Waals surface area contributed by atoms with Crippen molar-refractivity contribution in [2.45, 2.75) is 13.0 Å². The van der Waals surface area contributed by atoms with Crippen LogP contribution in [-0.2, 0) is 9.47 Å². The largest absolute Gasteiger partial charge is 0.387 e. The normalized spacial score (nSPS) is 18.9. The SMILES string of the molecule is CNc1cc(C)ncc1C(=O)NCC1COCCO1. The Hall–Kier alpha value is -1.66. The predicted molar refractivity (Wildman–Crippen MR) is 71.4 cm³/mol. The first-order valence-electron chi connectivity index (χ1n) is 6.32. The standard InChI is InChI=1S/C13H19N3O3/c1-9-5-12(14-2)11(7-15-9)13(17)16-6-10-8-18-3-4-19-10/h5,7,10H,3-4,6,8H2,1-2H3,(H,14,15)(H,16,17). The smallest absolute Gasteiger partial charge is 0.255 e. The highest BCUT2D eigenvalue weighted by atomic mass is 16.6. The first-order valence-corrected chi connectivity index (χ1v) is 6.32. The van der Waals surface area contributed by atoms with Crippen LogP contribution in [0, 0.1) is 6.92 Å². The maximum atomic E-state index is 12.1. The van der Waals surface area contributed by atoms with Crippen molar-refractivity contribution in [1.29, 1.82) is 0 Å². The highest BCUT2D eigenvalue weighted by Crippen LogP contribution is 2.14. The molecule has 6 heteroatoms. The van der Waals surface area contributed by atoms with Gasteiger partial charge in [0.05, 0.1) is 37.2 Å². The van der Waals surface area contributed by atoms with E-state index in [0.717, 1.165) is 11.4 Å². The minimum atomic E-state index is -0.161. The zero-order valence-electron chi connectivity index (χ0n) is 11.2. The van der Waals surface area contributed by atoms with E-state index in [1.54, 1.807) is 13.2 Å². The average molecular weight is 265 g/mol. The van der Waals surface area contributed by atoms with Crippen LogP contribution in [0.1, 0.15) is 16.1 Å². The van der Waals surface area contributed by atoms with Crippen molar-refractivity contribution in [3.05, 3.63) is 23.5 Å². The Labute approximate surface area is 112 Å². The van der Waals surface area contributed by atoms with E-state index in [-0.39, 0.29) is 12.0 Å². The van der Waals surface area contributed by atoms with E-state index in [0.29, 0.717) is 31.9 Å². The monoisotopic (exact) mass is 265 g/mol. The highest BCUT2D eigenvalue weighted by Gasteiger charge is 2.17. The molecular formula is C13H19N3O3. The van der Waals surface area contributed by atoms with Crippen molar-refractivity contribution < 1.29 is 14.3 Å². The molecule has 1 amide bonds. The summed E-state index contributed by atoms with van der Waals surface area (Å²) in [6.45, 7) is 4.04. The third kappa shape index (κ3) is 3.65. The van der Waals surface area contributed by atoms with Crippen molar-refractivity contribution in [1.82, 2.24) is 10.3 Å². The molecule has 1 aliphatic rings. The summed E-state index contributed by atoms with van der Waals surface area (Å²) in [5.74, 6) is -0.161. The minimum Gasteiger partial charge on any atom is -0.387 e. The molecule has 1 aromatic rings. The molecule has 1 saturated heterocycles. The summed E-state index contributed by atoms with van der Waals surface area (Å²) in [6.07, 6.45) is 1.50. The lowest BCUT2D eigenvalue weighted by Gasteiger charge is -2.23. The van der Waals surface area contributed by atoms with Gasteiger partial charge in [0.25, 0.3) is 5.91 Å². The fraction of sp³-hybridized carbons (Fsp3) is 0.538. The van der Waals surface area contributed by atoms with E-state index in [2.05, 4.69) is 15.6 Å². The summed E-state index contributed by atoms with van der Waals surface area (Å²) in [7, 11) is 1.78. The minimum absolute atomic E-state index is 0.0749. The lowest BCUT2D eigenvalue weighted by molar-refractivity contribution is -0.0855. The van der Waals surface area contributed by atoms with Gasteiger partial charge in [-0.05, 0) is 13.0 Å². The quantitative estimate of drug-likeness (QED) is 0.833. The van der Waals surface area contributed by atoms with Gasteiger partial charge >= 0.3 is 0 Å². The number of aryl methyl sites for hydroxylation is 1. The summed E-state index contributed by atoms with van der Waals surface area (Å²) in [4.78, 5) is 16.2. The van der Waals surface area contributed by atoms with Crippen LogP contribution in [0.2, 0.25) is 0 Å². The Morgan fingerprint density at radius 2 is 2.37 bits per heavy atom. The number of hydrogen-bond acceptors (Lipinski definition) is 5. The van der Waals surface area contributed by atoms with Gasteiger partial charge in [-0.2, -0.15) is 0 Å². The van der Waals surface area contributed by atoms with Crippen molar-refractivity contribution in [2.75, 3.05) is 38.7 Å². The molecule has 1 aliphatic heterocycles. The van der Waals surface area contributed by atoms with Crippen molar-refractivity contribution >= 4 is 11.6 Å². The number of aromatic nitrogens is 1. The third-order valence-corrected chi connectivity index (χ3v) is 2.93. The lowest BCUT2D eigenvalue weighted by atomic mass is 10.2. The van der Waals surface area contributed by atoms with Gasteiger partial charge in [0.1, 0.15) is 0 Å². The van der Waals surface area contributed by atoms with Crippen LogP contribution in [-0.4, -0.2) is 50.4 Å². The number of hydrogen-bond donors (Lipinski definition) is 2. The number of nitrogens with zero attached hydrogens (tertiary/aromatic N) is 1. The molecule has 0 spiro atoms. The second-order valence-corrected chi connectivity index (χ2v) is 4.40. The van der Waals surface area contributed by atoms with E-state index in [1.807, 2.05) is 13.0 Å². The molecule has 2 heterocycles. The van der Waals surface area contributed by atoms with Crippen molar-refractivity contribution in [2.24, 2.45) is 0 Å². The number of nitrogens with one attached hydrogen (secondary N) is 2. The van der Waals surface area contributed by atoms with Crippen molar-refractivity contribution in [3.8, 4) is 0 Å². The van der Waals surface area contributed by atoms with E-state index in [1.165, 1.54) is 0 Å². The van der Waals surface area contributed by atoms with Crippen LogP contribution in [0.5, 0.6) is 0 Å². The van der Waals surface area contributed by atoms with E-state index in [4.69, 9.17) is 9.47 Å². The molecule has 0 bridgehead atoms. The van der Waals surface area contributed by atoms with Crippen LogP contribution >= 0.6 is 0 Å². The van der Waals surface area contributed by atoms with Crippen LogP contribution in [0.25, 0.3) is 0 Å². The topological polar surface area (TPSA) is 72.5 Å². The molecule has 0 aromatic carbocycles. The molecule has 104 valence electrons. The molecule has 1 atom stereocenters. The Kier molecular flexibility index (Phi) is 4.70. The van der Waals surface area contributed by atoms with Gasteiger partial charge in [0.15, 0.2) is 0 Å². The maximum absolute atomic E-state index is 12.1. The first kappa shape index (κ1) is 13.8. The Morgan fingerprint density at radius 1 is 1.53 bits per heavy atom. The summed E-state index contributed by atoms with van der Waals surface area (Å²) in [5, 5.41) is 5.84. The van der Waals surface area contributed by atoms with Gasteiger partial charge in [-0.1, -0.05) is 0 Å². The molecule has 1 unspecified atom stereocenters. The number of anilines is 1. The lowest BCUT2D eigenvalue weighted by Crippen LogP contribution is -2.39. The Bertz CT molecular complexity index is 445. The molecular weight excluding hydrogens is 246 g/mol. The van der Waals surface area contributed by atoms with E-state index in [9.17, 15) is 4.79 Å². The van der Waals surface area contributed by atoms with Gasteiger partial charge in [0.2, 0.25) is 0 Å². The molecule has 2 rings (SSSR count). The predicted octanol–water partition coefficient (Wildman–Crippen LogP) is 0.577. The second-order valence-electron chi connectivity index (χ2n) is 4.40. The number of ether oxygens (including phenoxy) is 2. The van der Waals surface area contributed by atoms with Gasteiger partial charge in [-0.15, -0.1) is 0 Å². The van der Waals surface area contributed by atoms with Crippen LogP contribution in [0.4, 0.5) is 5.69 Å². The average Bonchev–Trinajstić information content (AvgIpc) is 2.45. The molecule has 6 nitrogen and oxygen atoms in total. The van der Waals surface area contributed by atoms with Crippen molar-refractivity contribution in [3.63, 3.8) is 0 Å². The van der Waals surface area contributed by atoms with Gasteiger partial charge in [-0.25, -0.2) is 0 Å². The summed E-state index contributed by atoms with van der Waals surface area (Å²) >= 11 is 0. The van der Waals surface area contributed by atoms with E-state index >= 15 is 0 Å². The zero-order valence-corrected chi connectivity index (χ0v) is 11.2. The number of pyridine rings is 1. The Morgan fingerprint density at radius 3 is 3.05 bits per heavy atom. The van der Waals surface area contributed by atoms with Crippen LogP contribution in [0.15, 0.2) is 12.3 Å². The number of carbonyl (C=O) groups excluding carboxylic acids is 1. The number of amides is 1. The first-order chi connectivity index (χ1) is 9.20. The van der Waals surface area contributed by atoms with Crippen LogP contribution < -0.4 is 10.6 Å². The molecule has 1 fully saturated rings. The van der Waals surface area contributed by atoms with E-state index < -0.39 is 0 Å². The molecule has 2 N–H and O–H groups in total. The number of rotatable bonds is 4. The molecule has 1 aromatic heterocycles. The zero-order chi connectivity index (χ0) is 13.7. The fourth-order valence-corrected chi connectivity index (χ4v) is 1.90.